The van der Waals surface area contributed by atoms with E-state index in [2.05, 4.69) is 28.1 Å². The maximum Gasteiger partial charge on any atom is 0.159 e. The first-order valence-corrected chi connectivity index (χ1v) is 6.66. The number of aryl methyl sites for hydroxylation is 2. The van der Waals surface area contributed by atoms with Crippen molar-refractivity contribution < 1.29 is 9.47 Å². The normalized spacial score (nSPS) is 18.4. The third-order valence-corrected chi connectivity index (χ3v) is 3.32. The number of ether oxygens (including phenoxy) is 2. The van der Waals surface area contributed by atoms with Crippen LogP contribution < -0.4 is 5.32 Å². The number of hydrogen-bond donors (Lipinski definition) is 1. The molecule has 1 saturated heterocycles. The summed E-state index contributed by atoms with van der Waals surface area (Å²) in [4.78, 5) is 0. The summed E-state index contributed by atoms with van der Waals surface area (Å²) in [6, 6.07) is 2.51. The predicted octanol–water partition coefficient (Wildman–Crippen LogP) is 1.10. The number of aromatic nitrogens is 2. The van der Waals surface area contributed by atoms with Crippen LogP contribution in [0.2, 0.25) is 0 Å². The Balaban J connectivity index is 1.95. The lowest BCUT2D eigenvalue weighted by Gasteiger charge is -2.19. The Morgan fingerprint density at radius 3 is 2.83 bits per heavy atom. The second-order valence-corrected chi connectivity index (χ2v) is 4.69. The van der Waals surface area contributed by atoms with Crippen LogP contribution in [0.25, 0.3) is 0 Å². The fourth-order valence-electron chi connectivity index (χ4n) is 2.37. The van der Waals surface area contributed by atoms with E-state index in [9.17, 15) is 0 Å². The van der Waals surface area contributed by atoms with Crippen LogP contribution in [0, 0.1) is 6.92 Å². The lowest BCUT2D eigenvalue weighted by molar-refractivity contribution is -0.0523. The lowest BCUT2D eigenvalue weighted by Crippen LogP contribution is -2.33. The highest BCUT2D eigenvalue weighted by atomic mass is 16.7. The van der Waals surface area contributed by atoms with Crippen molar-refractivity contribution >= 4 is 0 Å². The third-order valence-electron chi connectivity index (χ3n) is 3.32. The number of hydrogen-bond acceptors (Lipinski definition) is 4. The molecule has 102 valence electrons. The van der Waals surface area contributed by atoms with Gasteiger partial charge >= 0.3 is 0 Å². The van der Waals surface area contributed by atoms with Crippen LogP contribution in [0.1, 0.15) is 24.7 Å². The van der Waals surface area contributed by atoms with Crippen LogP contribution in [0.3, 0.4) is 0 Å². The van der Waals surface area contributed by atoms with Gasteiger partial charge in [-0.2, -0.15) is 5.10 Å². The van der Waals surface area contributed by atoms with E-state index in [0.717, 1.165) is 25.1 Å². The zero-order chi connectivity index (χ0) is 13.0. The second kappa shape index (κ2) is 6.31. The summed E-state index contributed by atoms with van der Waals surface area (Å²) in [7, 11) is 1.99. The summed E-state index contributed by atoms with van der Waals surface area (Å²) in [5, 5.41) is 7.81. The monoisotopic (exact) mass is 253 g/mol. The van der Waals surface area contributed by atoms with Gasteiger partial charge in [-0.15, -0.1) is 0 Å². The van der Waals surface area contributed by atoms with E-state index in [0.29, 0.717) is 19.3 Å². The quantitative estimate of drug-likeness (QED) is 0.825. The SMILES string of the molecule is CCn1nc(C)cc1CC(CC1OCCO1)NC. The number of nitrogens with zero attached hydrogens (tertiary/aromatic N) is 2. The van der Waals surface area contributed by atoms with Gasteiger partial charge in [0.1, 0.15) is 0 Å². The highest BCUT2D eigenvalue weighted by Crippen LogP contribution is 2.14. The van der Waals surface area contributed by atoms with Crippen LogP contribution in [0.4, 0.5) is 0 Å². The van der Waals surface area contributed by atoms with Gasteiger partial charge in [0.15, 0.2) is 6.29 Å². The molecule has 0 bridgehead atoms. The molecule has 1 atom stereocenters. The van der Waals surface area contributed by atoms with Crippen LogP contribution in [0.5, 0.6) is 0 Å². The van der Waals surface area contributed by atoms with E-state index in [1.807, 2.05) is 14.0 Å². The Morgan fingerprint density at radius 1 is 1.50 bits per heavy atom. The second-order valence-electron chi connectivity index (χ2n) is 4.69. The van der Waals surface area contributed by atoms with Gasteiger partial charge in [-0.3, -0.25) is 4.68 Å². The highest BCUT2D eigenvalue weighted by molar-refractivity contribution is 5.10. The summed E-state index contributed by atoms with van der Waals surface area (Å²) < 4.78 is 13.1. The molecular formula is C13H23N3O2. The van der Waals surface area contributed by atoms with Crippen LogP contribution in [0.15, 0.2) is 6.07 Å². The Morgan fingerprint density at radius 2 is 2.22 bits per heavy atom. The standard InChI is InChI=1S/C13H23N3O2/c1-4-16-12(7-10(2)15-16)8-11(14-3)9-13-17-5-6-18-13/h7,11,13-14H,4-6,8-9H2,1-3H3. The molecule has 1 aliphatic heterocycles. The molecule has 0 radical (unpaired) electrons. The number of likely N-dealkylation sites (N-methyl/N-ethyl adjacent to an activating group) is 1. The molecule has 1 aliphatic rings. The number of nitrogens with one attached hydrogen (secondary N) is 1. The molecule has 5 heteroatoms. The zero-order valence-corrected chi connectivity index (χ0v) is 11.5. The van der Waals surface area contributed by atoms with Crippen molar-refractivity contribution in [2.24, 2.45) is 0 Å². The lowest BCUT2D eigenvalue weighted by atomic mass is 10.1. The van der Waals surface area contributed by atoms with E-state index in [1.165, 1.54) is 5.69 Å². The molecule has 1 unspecified atom stereocenters. The van der Waals surface area contributed by atoms with Gasteiger partial charge in [0.25, 0.3) is 0 Å². The molecule has 18 heavy (non-hydrogen) atoms. The first kappa shape index (κ1) is 13.5. The Labute approximate surface area is 108 Å². The van der Waals surface area contributed by atoms with E-state index in [4.69, 9.17) is 9.47 Å². The largest absolute Gasteiger partial charge is 0.350 e. The summed E-state index contributed by atoms with van der Waals surface area (Å²) in [6.07, 6.45) is 1.78. The molecule has 2 rings (SSSR count). The van der Waals surface area contributed by atoms with Gasteiger partial charge in [-0.25, -0.2) is 0 Å². The fraction of sp³-hybridized carbons (Fsp3) is 0.769. The molecule has 0 aliphatic carbocycles. The maximum atomic E-state index is 5.50. The molecular weight excluding hydrogens is 230 g/mol. The van der Waals surface area contributed by atoms with Gasteiger partial charge in [0, 0.05) is 31.1 Å². The Hall–Kier alpha value is -0.910. The summed E-state index contributed by atoms with van der Waals surface area (Å²) in [5.41, 5.74) is 2.35. The van der Waals surface area contributed by atoms with Crippen LogP contribution in [-0.4, -0.2) is 42.4 Å². The third kappa shape index (κ3) is 3.31. The summed E-state index contributed by atoms with van der Waals surface area (Å²) in [6.45, 7) is 6.50. The first-order valence-electron chi connectivity index (χ1n) is 6.66. The first-order chi connectivity index (χ1) is 8.72. The summed E-state index contributed by atoms with van der Waals surface area (Å²) >= 11 is 0. The molecule has 1 fully saturated rings. The van der Waals surface area contributed by atoms with Gasteiger partial charge in [0.2, 0.25) is 0 Å². The van der Waals surface area contributed by atoms with Crippen molar-refractivity contribution in [3.8, 4) is 0 Å². The van der Waals surface area contributed by atoms with Gasteiger partial charge < -0.3 is 14.8 Å². The minimum absolute atomic E-state index is 0.0541. The fourth-order valence-corrected chi connectivity index (χ4v) is 2.37. The van der Waals surface area contributed by atoms with Crippen molar-refractivity contribution in [3.63, 3.8) is 0 Å². The topological polar surface area (TPSA) is 48.3 Å². The summed E-state index contributed by atoms with van der Waals surface area (Å²) in [5.74, 6) is 0. The minimum atomic E-state index is -0.0541. The molecule has 0 spiro atoms. The number of rotatable bonds is 6. The Kier molecular flexibility index (Phi) is 4.74. The highest BCUT2D eigenvalue weighted by Gasteiger charge is 2.21. The molecule has 1 aromatic heterocycles. The molecule has 0 amide bonds. The Bertz CT molecular complexity index is 372. The average molecular weight is 253 g/mol. The van der Waals surface area contributed by atoms with Gasteiger partial charge in [-0.05, 0) is 27.0 Å². The van der Waals surface area contributed by atoms with E-state index < -0.39 is 0 Å². The van der Waals surface area contributed by atoms with Crippen molar-refractivity contribution in [2.75, 3.05) is 20.3 Å². The molecule has 0 aromatic carbocycles. The average Bonchev–Trinajstić information content (AvgIpc) is 2.98. The molecule has 1 aromatic rings. The van der Waals surface area contributed by atoms with E-state index >= 15 is 0 Å². The van der Waals surface area contributed by atoms with Crippen molar-refractivity contribution in [2.45, 2.75) is 45.6 Å². The molecule has 2 heterocycles. The zero-order valence-electron chi connectivity index (χ0n) is 11.5. The smallest absolute Gasteiger partial charge is 0.159 e. The van der Waals surface area contributed by atoms with E-state index in [-0.39, 0.29) is 6.29 Å². The van der Waals surface area contributed by atoms with Crippen LogP contribution >= 0.6 is 0 Å². The maximum absolute atomic E-state index is 5.50. The van der Waals surface area contributed by atoms with Crippen molar-refractivity contribution in [3.05, 3.63) is 17.5 Å². The van der Waals surface area contributed by atoms with Crippen LogP contribution in [-0.2, 0) is 22.4 Å². The van der Waals surface area contributed by atoms with Gasteiger partial charge in [0.05, 0.1) is 18.9 Å². The predicted molar refractivity (Wildman–Crippen MR) is 69.5 cm³/mol. The molecule has 1 N–H and O–H groups in total. The van der Waals surface area contributed by atoms with E-state index in [1.54, 1.807) is 0 Å². The molecule has 0 saturated carbocycles. The van der Waals surface area contributed by atoms with Crippen molar-refractivity contribution in [1.82, 2.24) is 15.1 Å². The van der Waals surface area contributed by atoms with Gasteiger partial charge in [-0.1, -0.05) is 0 Å². The molecule has 5 nitrogen and oxygen atoms in total. The van der Waals surface area contributed by atoms with Crippen molar-refractivity contribution in [1.29, 1.82) is 0 Å². The minimum Gasteiger partial charge on any atom is -0.350 e.